The number of aromatic nitrogens is 1. The topological polar surface area (TPSA) is 45.6 Å². The zero-order valence-corrected chi connectivity index (χ0v) is 16.5. The van der Waals surface area contributed by atoms with Crippen molar-refractivity contribution in [2.24, 2.45) is 0 Å². The van der Waals surface area contributed by atoms with Crippen LogP contribution in [0.5, 0.6) is 0 Å². The molecule has 0 bridgehead atoms. The van der Waals surface area contributed by atoms with Gasteiger partial charge in [0.2, 0.25) is 0 Å². The third-order valence-corrected chi connectivity index (χ3v) is 5.26. The number of piperazine rings is 1. The van der Waals surface area contributed by atoms with Crippen LogP contribution in [-0.4, -0.2) is 65.0 Å². The highest BCUT2D eigenvalue weighted by atomic mass is 19.4. The lowest BCUT2D eigenvalue weighted by atomic mass is 10.1. The Bertz CT molecular complexity index is 883. The fourth-order valence-electron chi connectivity index (χ4n) is 3.67. The highest BCUT2D eigenvalue weighted by Gasteiger charge is 2.31. The van der Waals surface area contributed by atoms with Gasteiger partial charge in [0.25, 0.3) is 5.91 Å². The van der Waals surface area contributed by atoms with Gasteiger partial charge in [-0.25, -0.2) is 0 Å². The zero-order valence-electron chi connectivity index (χ0n) is 16.5. The molecule has 1 amide bonds. The van der Waals surface area contributed by atoms with Gasteiger partial charge in [-0.3, -0.25) is 14.5 Å². The minimum atomic E-state index is -4.34. The van der Waals surface area contributed by atoms with Gasteiger partial charge in [0, 0.05) is 48.7 Å². The van der Waals surface area contributed by atoms with Crippen molar-refractivity contribution in [1.29, 1.82) is 0 Å². The maximum absolute atomic E-state index is 12.8. The predicted octanol–water partition coefficient (Wildman–Crippen LogP) is 3.31. The summed E-state index contributed by atoms with van der Waals surface area (Å²) >= 11 is 0. The third-order valence-electron chi connectivity index (χ3n) is 5.26. The van der Waals surface area contributed by atoms with Crippen LogP contribution < -0.4 is 0 Å². The van der Waals surface area contributed by atoms with Crippen LogP contribution in [0.2, 0.25) is 0 Å². The van der Waals surface area contributed by atoms with E-state index in [1.165, 1.54) is 6.07 Å². The molecular formula is C21H24F3N3O2. The summed E-state index contributed by atoms with van der Waals surface area (Å²) in [6.45, 7) is 4.26. The number of hydrogen-bond acceptors (Lipinski definition) is 3. The Balaban J connectivity index is 1.59. The van der Waals surface area contributed by atoms with Crippen molar-refractivity contribution in [1.82, 2.24) is 14.4 Å². The number of nitrogens with zero attached hydrogens (tertiary/aromatic N) is 3. The first-order chi connectivity index (χ1) is 13.7. The molecule has 0 spiro atoms. The summed E-state index contributed by atoms with van der Waals surface area (Å²) in [7, 11) is 0. The van der Waals surface area contributed by atoms with E-state index in [2.05, 4.69) is 0 Å². The molecule has 156 valence electrons. The first kappa shape index (κ1) is 21.1. The quantitative estimate of drug-likeness (QED) is 0.715. The van der Waals surface area contributed by atoms with E-state index in [0.717, 1.165) is 4.57 Å². The van der Waals surface area contributed by atoms with Gasteiger partial charge < -0.3 is 9.47 Å². The Kier molecular flexibility index (Phi) is 6.12. The molecule has 5 nitrogen and oxygen atoms in total. The van der Waals surface area contributed by atoms with E-state index in [-0.39, 0.29) is 18.2 Å². The Hall–Kier alpha value is -2.61. The van der Waals surface area contributed by atoms with Gasteiger partial charge in [0.15, 0.2) is 5.78 Å². The maximum atomic E-state index is 12.8. The number of Topliss-reactive ketones (excluding diaryl/α,β-unsaturated/α-hetero) is 1. The zero-order chi connectivity index (χ0) is 21.2. The molecule has 1 saturated heterocycles. The van der Waals surface area contributed by atoms with Crippen molar-refractivity contribution in [3.05, 3.63) is 58.9 Å². The van der Waals surface area contributed by atoms with E-state index in [4.69, 9.17) is 0 Å². The molecule has 1 aromatic heterocycles. The molecule has 2 heterocycles. The second-order valence-corrected chi connectivity index (χ2v) is 7.34. The second kappa shape index (κ2) is 8.41. The second-order valence-electron chi connectivity index (χ2n) is 7.34. The number of hydrogen-bond donors (Lipinski definition) is 0. The molecule has 3 rings (SSSR count). The number of carbonyl (C=O) groups excluding carboxylic acids is 2. The predicted molar refractivity (Wildman–Crippen MR) is 103 cm³/mol. The van der Waals surface area contributed by atoms with E-state index < -0.39 is 12.7 Å². The minimum absolute atomic E-state index is 0.0349. The van der Waals surface area contributed by atoms with Crippen LogP contribution in [0.4, 0.5) is 13.2 Å². The SMILES string of the molecule is Cc1cc(C(=O)CN2CCN(C(=O)c3ccccc3)CC2)c(C)n1CC(F)(F)F. The van der Waals surface area contributed by atoms with Gasteiger partial charge in [-0.1, -0.05) is 18.2 Å². The molecular weight excluding hydrogens is 383 g/mol. The van der Waals surface area contributed by atoms with Gasteiger partial charge >= 0.3 is 6.18 Å². The molecule has 29 heavy (non-hydrogen) atoms. The smallest absolute Gasteiger partial charge is 0.339 e. The van der Waals surface area contributed by atoms with Gasteiger partial charge in [0.05, 0.1) is 6.54 Å². The molecule has 0 saturated carbocycles. The lowest BCUT2D eigenvalue weighted by molar-refractivity contribution is -0.141. The summed E-state index contributed by atoms with van der Waals surface area (Å²) in [4.78, 5) is 28.9. The average Bonchev–Trinajstić information content (AvgIpc) is 2.96. The molecule has 2 aromatic rings. The van der Waals surface area contributed by atoms with E-state index in [1.807, 2.05) is 23.1 Å². The molecule has 1 aliphatic rings. The molecule has 1 aromatic carbocycles. The van der Waals surface area contributed by atoms with Crippen molar-refractivity contribution >= 4 is 11.7 Å². The third kappa shape index (κ3) is 5.06. The van der Waals surface area contributed by atoms with Gasteiger partial charge in [-0.15, -0.1) is 0 Å². The number of carbonyl (C=O) groups is 2. The summed E-state index contributed by atoms with van der Waals surface area (Å²) in [5, 5.41) is 0. The number of benzene rings is 1. The van der Waals surface area contributed by atoms with Crippen molar-refractivity contribution < 1.29 is 22.8 Å². The Morgan fingerprint density at radius 2 is 1.62 bits per heavy atom. The standard InChI is InChI=1S/C21H24F3N3O2/c1-15-12-18(16(2)27(15)14-21(22,23)24)19(28)13-25-8-10-26(11-9-25)20(29)17-6-4-3-5-7-17/h3-7,12H,8-11,13-14H2,1-2H3. The lowest BCUT2D eigenvalue weighted by Crippen LogP contribution is -2.49. The van der Waals surface area contributed by atoms with E-state index in [1.54, 1.807) is 30.9 Å². The van der Waals surface area contributed by atoms with E-state index in [9.17, 15) is 22.8 Å². The molecule has 0 aliphatic carbocycles. The summed E-state index contributed by atoms with van der Waals surface area (Å²) < 4.78 is 39.4. The minimum Gasteiger partial charge on any atom is -0.339 e. The van der Waals surface area contributed by atoms with Crippen LogP contribution in [0.3, 0.4) is 0 Å². The largest absolute Gasteiger partial charge is 0.406 e. The number of alkyl halides is 3. The fraction of sp³-hybridized carbons (Fsp3) is 0.429. The number of aryl methyl sites for hydroxylation is 1. The lowest BCUT2D eigenvalue weighted by Gasteiger charge is -2.34. The molecule has 1 aliphatic heterocycles. The molecule has 0 unspecified atom stereocenters. The number of amides is 1. The Labute approximate surface area is 167 Å². The summed E-state index contributed by atoms with van der Waals surface area (Å²) in [5.74, 6) is -0.235. The first-order valence-electron chi connectivity index (χ1n) is 9.49. The molecule has 0 N–H and O–H groups in total. The van der Waals surface area contributed by atoms with Gasteiger partial charge in [-0.05, 0) is 32.0 Å². The summed E-state index contributed by atoms with van der Waals surface area (Å²) in [6, 6.07) is 10.6. The van der Waals surface area contributed by atoms with Crippen molar-refractivity contribution in [2.75, 3.05) is 32.7 Å². The molecule has 8 heteroatoms. The fourth-order valence-corrected chi connectivity index (χ4v) is 3.67. The van der Waals surface area contributed by atoms with Crippen LogP contribution >= 0.6 is 0 Å². The first-order valence-corrected chi connectivity index (χ1v) is 9.49. The number of rotatable bonds is 5. The van der Waals surface area contributed by atoms with Crippen LogP contribution in [0, 0.1) is 13.8 Å². The van der Waals surface area contributed by atoms with Crippen LogP contribution in [0.15, 0.2) is 36.4 Å². The van der Waals surface area contributed by atoms with Crippen molar-refractivity contribution in [2.45, 2.75) is 26.6 Å². The summed E-state index contributed by atoms with van der Waals surface area (Å²) in [6.07, 6.45) is -4.34. The monoisotopic (exact) mass is 407 g/mol. The van der Waals surface area contributed by atoms with Gasteiger partial charge in [-0.2, -0.15) is 13.2 Å². The maximum Gasteiger partial charge on any atom is 0.406 e. The average molecular weight is 407 g/mol. The highest BCUT2D eigenvalue weighted by molar-refractivity contribution is 5.99. The molecule has 0 atom stereocenters. The molecule has 0 radical (unpaired) electrons. The Morgan fingerprint density at radius 3 is 2.21 bits per heavy atom. The van der Waals surface area contributed by atoms with Crippen molar-refractivity contribution in [3.8, 4) is 0 Å². The van der Waals surface area contributed by atoms with Crippen molar-refractivity contribution in [3.63, 3.8) is 0 Å². The number of ketones is 1. The summed E-state index contributed by atoms with van der Waals surface area (Å²) in [5.41, 5.74) is 1.72. The van der Waals surface area contributed by atoms with Gasteiger partial charge in [0.1, 0.15) is 6.54 Å². The van der Waals surface area contributed by atoms with E-state index in [0.29, 0.717) is 48.7 Å². The number of halogens is 3. The normalized spacial score (nSPS) is 15.6. The molecule has 1 fully saturated rings. The van der Waals surface area contributed by atoms with Crippen LogP contribution in [-0.2, 0) is 6.54 Å². The van der Waals surface area contributed by atoms with E-state index >= 15 is 0 Å². The van der Waals surface area contributed by atoms with Crippen LogP contribution in [0.25, 0.3) is 0 Å². The Morgan fingerprint density at radius 1 is 1.00 bits per heavy atom. The highest BCUT2D eigenvalue weighted by Crippen LogP contribution is 2.23. The van der Waals surface area contributed by atoms with Crippen LogP contribution in [0.1, 0.15) is 32.1 Å².